The highest BCUT2D eigenvalue weighted by atomic mass is 35.5. The van der Waals surface area contributed by atoms with Gasteiger partial charge in [0.2, 0.25) is 0 Å². The summed E-state index contributed by atoms with van der Waals surface area (Å²) in [6, 6.07) is 8.23. The highest BCUT2D eigenvalue weighted by Gasteiger charge is 2.07. The highest BCUT2D eigenvalue weighted by Crippen LogP contribution is 2.16. The molecule has 0 aliphatic carbocycles. The molecule has 0 heterocycles. The molecule has 3 nitrogen and oxygen atoms in total. The quantitative estimate of drug-likeness (QED) is 0.743. The minimum absolute atomic E-state index is 0.204. The third-order valence-corrected chi connectivity index (χ3v) is 3.28. The van der Waals surface area contributed by atoms with Crippen LogP contribution in [0, 0.1) is 0 Å². The van der Waals surface area contributed by atoms with Gasteiger partial charge in [0.1, 0.15) is 0 Å². The molecule has 18 heavy (non-hydrogen) atoms. The largest absolute Gasteiger partial charge is 0.400 e. The summed E-state index contributed by atoms with van der Waals surface area (Å²) in [6.07, 6.45) is 2.85. The first kappa shape index (κ1) is 14.9. The number of nitrogens with two attached hydrogens (primary N) is 1. The molecule has 0 radical (unpaired) electrons. The van der Waals surface area contributed by atoms with Crippen molar-refractivity contribution in [2.75, 3.05) is 7.05 Å². The molecule has 0 fully saturated rings. The van der Waals surface area contributed by atoms with Crippen molar-refractivity contribution >= 4 is 11.6 Å². The van der Waals surface area contributed by atoms with Crippen LogP contribution in [0.1, 0.15) is 31.9 Å². The lowest BCUT2D eigenvalue weighted by Gasteiger charge is -2.17. The summed E-state index contributed by atoms with van der Waals surface area (Å²) >= 11 is 5.86. The lowest BCUT2D eigenvalue weighted by Crippen LogP contribution is -2.32. The maximum absolute atomic E-state index is 6.00. The number of hydrogen-bond donors (Lipinski definition) is 3. The number of rotatable bonds is 6. The topological polar surface area (TPSA) is 50.1 Å². The van der Waals surface area contributed by atoms with E-state index in [0.717, 1.165) is 17.1 Å². The Bertz CT molecular complexity index is 383. The van der Waals surface area contributed by atoms with Crippen molar-refractivity contribution in [3.05, 3.63) is 46.7 Å². The fraction of sp³-hybridized carbons (Fsp3) is 0.429. The van der Waals surface area contributed by atoms with E-state index in [2.05, 4.69) is 24.5 Å². The summed E-state index contributed by atoms with van der Waals surface area (Å²) in [5.74, 6) is 0. The van der Waals surface area contributed by atoms with Gasteiger partial charge in [-0.25, -0.2) is 0 Å². The average molecular weight is 268 g/mol. The molecule has 1 aromatic carbocycles. The van der Waals surface area contributed by atoms with Gasteiger partial charge in [0, 0.05) is 29.0 Å². The van der Waals surface area contributed by atoms with E-state index < -0.39 is 0 Å². The zero-order valence-corrected chi connectivity index (χ0v) is 12.0. The van der Waals surface area contributed by atoms with E-state index >= 15 is 0 Å². The second kappa shape index (κ2) is 7.29. The molecule has 0 spiro atoms. The number of hydrogen-bond acceptors (Lipinski definition) is 3. The van der Waals surface area contributed by atoms with Gasteiger partial charge in [-0.3, -0.25) is 0 Å². The fourth-order valence-electron chi connectivity index (χ4n) is 1.78. The van der Waals surface area contributed by atoms with Crippen LogP contribution in [0.25, 0.3) is 0 Å². The summed E-state index contributed by atoms with van der Waals surface area (Å²) < 4.78 is 0. The van der Waals surface area contributed by atoms with Gasteiger partial charge in [0.05, 0.1) is 0 Å². The second-order valence-electron chi connectivity index (χ2n) is 4.33. The van der Waals surface area contributed by atoms with Crippen LogP contribution < -0.4 is 16.4 Å². The number of nitrogens with one attached hydrogen (secondary N) is 2. The summed E-state index contributed by atoms with van der Waals surface area (Å²) in [5.41, 5.74) is 8.01. The molecule has 2 unspecified atom stereocenters. The third-order valence-electron chi connectivity index (χ3n) is 3.03. The molecule has 0 aliphatic heterocycles. The monoisotopic (exact) mass is 267 g/mol. The Morgan fingerprint density at radius 3 is 2.50 bits per heavy atom. The Labute approximate surface area is 114 Å². The van der Waals surface area contributed by atoms with Crippen LogP contribution in [0.2, 0.25) is 5.02 Å². The molecule has 0 saturated heterocycles. The molecule has 0 saturated carbocycles. The first-order valence-corrected chi connectivity index (χ1v) is 6.60. The Balaban J connectivity index is 2.62. The Hall–Kier alpha value is -1.19. The molecule has 0 amide bonds. The normalized spacial score (nSPS) is 15.2. The Morgan fingerprint density at radius 1 is 1.39 bits per heavy atom. The number of benzene rings is 1. The average Bonchev–Trinajstić information content (AvgIpc) is 2.38. The molecule has 4 heteroatoms. The number of halogens is 1. The highest BCUT2D eigenvalue weighted by molar-refractivity contribution is 6.30. The molecule has 1 aromatic rings. The maximum atomic E-state index is 6.00. The predicted octanol–water partition coefficient (Wildman–Crippen LogP) is 2.79. The SMILES string of the molecule is CCC(NC)/C(N)=C\NC(C)c1ccc(Cl)cc1. The molecule has 4 N–H and O–H groups in total. The van der Waals surface area contributed by atoms with Crippen LogP contribution >= 0.6 is 11.6 Å². The van der Waals surface area contributed by atoms with Gasteiger partial charge >= 0.3 is 0 Å². The van der Waals surface area contributed by atoms with Gasteiger partial charge < -0.3 is 16.4 Å². The maximum Gasteiger partial charge on any atom is 0.0480 e. The van der Waals surface area contributed by atoms with E-state index in [-0.39, 0.29) is 12.1 Å². The van der Waals surface area contributed by atoms with Crippen LogP contribution in [0.15, 0.2) is 36.2 Å². The Kier molecular flexibility index (Phi) is 6.02. The van der Waals surface area contributed by atoms with E-state index in [1.807, 2.05) is 37.5 Å². The lowest BCUT2D eigenvalue weighted by atomic mass is 10.1. The van der Waals surface area contributed by atoms with E-state index in [4.69, 9.17) is 17.3 Å². The second-order valence-corrected chi connectivity index (χ2v) is 4.77. The minimum Gasteiger partial charge on any atom is -0.400 e. The first-order chi connectivity index (χ1) is 8.58. The summed E-state index contributed by atoms with van der Waals surface area (Å²) in [6.45, 7) is 4.19. The summed E-state index contributed by atoms with van der Waals surface area (Å²) in [4.78, 5) is 0. The van der Waals surface area contributed by atoms with E-state index in [9.17, 15) is 0 Å². The van der Waals surface area contributed by atoms with E-state index in [1.165, 1.54) is 5.56 Å². The van der Waals surface area contributed by atoms with Crippen molar-refractivity contribution in [3.8, 4) is 0 Å². The van der Waals surface area contributed by atoms with Crippen molar-refractivity contribution in [2.24, 2.45) is 5.73 Å². The zero-order valence-electron chi connectivity index (χ0n) is 11.2. The van der Waals surface area contributed by atoms with Gasteiger partial charge in [-0.05, 0) is 38.1 Å². The molecular formula is C14H22ClN3. The molecule has 0 aromatic heterocycles. The van der Waals surface area contributed by atoms with Crippen LogP contribution in [-0.4, -0.2) is 13.1 Å². The van der Waals surface area contributed by atoms with Crippen molar-refractivity contribution in [3.63, 3.8) is 0 Å². The lowest BCUT2D eigenvalue weighted by molar-refractivity contribution is 0.596. The van der Waals surface area contributed by atoms with E-state index in [1.54, 1.807) is 0 Å². The molecule has 0 bridgehead atoms. The van der Waals surface area contributed by atoms with Crippen LogP contribution in [0.4, 0.5) is 0 Å². The van der Waals surface area contributed by atoms with Gasteiger partial charge in [-0.2, -0.15) is 0 Å². The van der Waals surface area contributed by atoms with Crippen LogP contribution in [0.3, 0.4) is 0 Å². The van der Waals surface area contributed by atoms with Gasteiger partial charge in [-0.15, -0.1) is 0 Å². The molecule has 2 atom stereocenters. The third kappa shape index (κ3) is 4.24. The molecule has 100 valence electrons. The fourth-order valence-corrected chi connectivity index (χ4v) is 1.90. The van der Waals surface area contributed by atoms with Crippen molar-refractivity contribution in [1.29, 1.82) is 0 Å². The van der Waals surface area contributed by atoms with Crippen molar-refractivity contribution in [2.45, 2.75) is 32.4 Å². The van der Waals surface area contributed by atoms with Gasteiger partial charge in [-0.1, -0.05) is 30.7 Å². The first-order valence-electron chi connectivity index (χ1n) is 6.22. The summed E-state index contributed by atoms with van der Waals surface area (Å²) in [5, 5.41) is 7.22. The van der Waals surface area contributed by atoms with Crippen LogP contribution in [-0.2, 0) is 0 Å². The van der Waals surface area contributed by atoms with Gasteiger partial charge in [0.15, 0.2) is 0 Å². The minimum atomic E-state index is 0.204. The van der Waals surface area contributed by atoms with Crippen molar-refractivity contribution in [1.82, 2.24) is 10.6 Å². The van der Waals surface area contributed by atoms with E-state index in [0.29, 0.717) is 0 Å². The Morgan fingerprint density at radius 2 is 2.00 bits per heavy atom. The smallest absolute Gasteiger partial charge is 0.0480 e. The summed E-state index contributed by atoms with van der Waals surface area (Å²) in [7, 11) is 1.91. The number of likely N-dealkylation sites (N-methyl/N-ethyl adjacent to an activating group) is 1. The zero-order chi connectivity index (χ0) is 13.5. The molecular weight excluding hydrogens is 246 g/mol. The van der Waals surface area contributed by atoms with Gasteiger partial charge in [0.25, 0.3) is 0 Å². The molecule has 1 rings (SSSR count). The van der Waals surface area contributed by atoms with Crippen LogP contribution in [0.5, 0.6) is 0 Å². The molecule has 0 aliphatic rings. The standard InChI is InChI=1S/C14H22ClN3/c1-4-14(17-3)13(16)9-18-10(2)11-5-7-12(15)8-6-11/h5-10,14,17-18H,4,16H2,1-3H3/b13-9+. The van der Waals surface area contributed by atoms with Crippen molar-refractivity contribution < 1.29 is 0 Å². The predicted molar refractivity (Wildman–Crippen MR) is 78.4 cm³/mol.